The molecule has 1 aromatic carbocycles. The lowest BCUT2D eigenvalue weighted by Gasteiger charge is -2.18. The van der Waals surface area contributed by atoms with E-state index < -0.39 is 0 Å². The van der Waals surface area contributed by atoms with Crippen molar-refractivity contribution in [2.75, 3.05) is 23.3 Å². The van der Waals surface area contributed by atoms with Crippen LogP contribution in [0.1, 0.15) is 23.7 Å². The molecule has 23 heavy (non-hydrogen) atoms. The summed E-state index contributed by atoms with van der Waals surface area (Å²) in [5, 5.41) is 6.27. The number of carbonyl (C=O) groups excluding carboxylic acids is 1. The van der Waals surface area contributed by atoms with E-state index in [2.05, 4.69) is 46.8 Å². The molecule has 5 nitrogen and oxygen atoms in total. The third-order valence-electron chi connectivity index (χ3n) is 4.13. The minimum Gasteiger partial charge on any atom is -0.379 e. The molecule has 0 saturated carbocycles. The van der Waals surface area contributed by atoms with E-state index in [1.807, 2.05) is 24.1 Å². The highest BCUT2D eigenvalue weighted by atomic mass is 16.2. The Balaban J connectivity index is 1.74. The molecule has 0 radical (unpaired) electrons. The van der Waals surface area contributed by atoms with Crippen LogP contribution >= 0.6 is 0 Å². The van der Waals surface area contributed by atoms with Crippen LogP contribution in [0.5, 0.6) is 0 Å². The van der Waals surface area contributed by atoms with Gasteiger partial charge >= 0.3 is 6.03 Å². The van der Waals surface area contributed by atoms with E-state index in [0.29, 0.717) is 13.1 Å². The Labute approximate surface area is 136 Å². The fraction of sp³-hybridized carbons (Fsp3) is 0.333. The van der Waals surface area contributed by atoms with Crippen molar-refractivity contribution in [1.82, 2.24) is 10.3 Å². The van der Waals surface area contributed by atoms with Crippen molar-refractivity contribution in [3.8, 4) is 0 Å². The average Bonchev–Trinajstić information content (AvgIpc) is 2.97. The van der Waals surface area contributed by atoms with E-state index in [0.717, 1.165) is 30.0 Å². The number of benzene rings is 1. The first-order chi connectivity index (χ1) is 11.2. The molecule has 0 unspecified atom stereocenters. The van der Waals surface area contributed by atoms with Crippen molar-refractivity contribution in [2.24, 2.45) is 0 Å². The molecule has 0 saturated heterocycles. The number of urea groups is 1. The van der Waals surface area contributed by atoms with Crippen LogP contribution in [0, 0.1) is 6.92 Å². The molecule has 0 spiro atoms. The molecule has 3 rings (SSSR count). The third-order valence-corrected chi connectivity index (χ3v) is 4.13. The summed E-state index contributed by atoms with van der Waals surface area (Å²) in [4.78, 5) is 18.3. The summed E-state index contributed by atoms with van der Waals surface area (Å²) in [7, 11) is 0. The highest BCUT2D eigenvalue weighted by Crippen LogP contribution is 2.31. The minimum atomic E-state index is -0.0241. The summed E-state index contributed by atoms with van der Waals surface area (Å²) in [6.45, 7) is 6.05. The number of nitrogens with one attached hydrogen (secondary N) is 2. The van der Waals surface area contributed by atoms with Crippen molar-refractivity contribution in [3.63, 3.8) is 0 Å². The maximum atomic E-state index is 12.1. The van der Waals surface area contributed by atoms with Gasteiger partial charge in [0.2, 0.25) is 0 Å². The number of hydrogen-bond acceptors (Lipinski definition) is 3. The molecular weight excluding hydrogens is 288 g/mol. The van der Waals surface area contributed by atoms with Gasteiger partial charge in [0.15, 0.2) is 0 Å². The Bertz CT molecular complexity index is 714. The fourth-order valence-corrected chi connectivity index (χ4v) is 2.84. The predicted octanol–water partition coefficient (Wildman–Crippen LogP) is 3.09. The van der Waals surface area contributed by atoms with Gasteiger partial charge < -0.3 is 10.6 Å². The number of fused-ring (bicyclic) bond motifs is 1. The smallest absolute Gasteiger partial charge is 0.321 e. The van der Waals surface area contributed by atoms with Crippen LogP contribution in [0.15, 0.2) is 36.5 Å². The van der Waals surface area contributed by atoms with Crippen LogP contribution in [-0.2, 0) is 13.0 Å². The summed E-state index contributed by atoms with van der Waals surface area (Å²) in [6, 6.07) is 10.2. The number of amides is 2. The second kappa shape index (κ2) is 6.69. The van der Waals surface area contributed by atoms with Crippen LogP contribution < -0.4 is 15.5 Å². The van der Waals surface area contributed by atoms with Crippen molar-refractivity contribution in [3.05, 3.63) is 53.3 Å². The van der Waals surface area contributed by atoms with Crippen LogP contribution in [-0.4, -0.2) is 24.1 Å². The molecule has 2 amide bonds. The fourth-order valence-electron chi connectivity index (χ4n) is 2.84. The van der Waals surface area contributed by atoms with Gasteiger partial charge in [0.05, 0.1) is 17.9 Å². The molecule has 1 aliphatic rings. The molecular formula is C18H22N4O. The first kappa shape index (κ1) is 15.3. The first-order valence-electron chi connectivity index (χ1n) is 8.01. The quantitative estimate of drug-likeness (QED) is 0.912. The van der Waals surface area contributed by atoms with Gasteiger partial charge in [0.1, 0.15) is 0 Å². The Morgan fingerprint density at radius 3 is 3.00 bits per heavy atom. The number of nitrogens with zero attached hydrogens (tertiary/aromatic N) is 2. The Hall–Kier alpha value is -2.56. The van der Waals surface area contributed by atoms with Crippen LogP contribution in [0.2, 0.25) is 0 Å². The molecule has 2 heterocycles. The molecule has 5 heteroatoms. The zero-order chi connectivity index (χ0) is 16.2. The van der Waals surface area contributed by atoms with Crippen molar-refractivity contribution in [1.29, 1.82) is 0 Å². The third kappa shape index (κ3) is 3.28. The number of carbonyl (C=O) groups is 1. The largest absolute Gasteiger partial charge is 0.379 e. The second-order valence-electron chi connectivity index (χ2n) is 5.70. The number of anilines is 2. The number of aryl methyl sites for hydroxylation is 1. The van der Waals surface area contributed by atoms with Crippen LogP contribution in [0.25, 0.3) is 0 Å². The SMILES string of the molecule is CCNC(=O)N1CCc2ccc(NCc3ncccc3C)cc21. The molecule has 1 aromatic heterocycles. The summed E-state index contributed by atoms with van der Waals surface area (Å²) in [5.41, 5.74) is 5.43. The average molecular weight is 310 g/mol. The van der Waals surface area contributed by atoms with Gasteiger partial charge in [0, 0.05) is 25.0 Å². The summed E-state index contributed by atoms with van der Waals surface area (Å²) < 4.78 is 0. The Morgan fingerprint density at radius 2 is 2.22 bits per heavy atom. The van der Waals surface area contributed by atoms with Gasteiger partial charge in [-0.3, -0.25) is 9.88 Å². The van der Waals surface area contributed by atoms with Gasteiger partial charge in [-0.25, -0.2) is 4.79 Å². The highest BCUT2D eigenvalue weighted by molar-refractivity contribution is 5.94. The standard InChI is InChI=1S/C18H22N4O/c1-3-19-18(23)22-10-8-14-6-7-15(11-17(14)22)21-12-16-13(2)5-4-9-20-16/h4-7,9,11,21H,3,8,10,12H2,1-2H3,(H,19,23). The van der Waals surface area contributed by atoms with Gasteiger partial charge in [-0.2, -0.15) is 0 Å². The number of hydrogen-bond donors (Lipinski definition) is 2. The molecule has 0 aliphatic carbocycles. The zero-order valence-corrected chi connectivity index (χ0v) is 13.6. The van der Waals surface area contributed by atoms with Gasteiger partial charge in [0.25, 0.3) is 0 Å². The molecule has 0 bridgehead atoms. The molecule has 1 aliphatic heterocycles. The summed E-state index contributed by atoms with van der Waals surface area (Å²) in [5.74, 6) is 0. The maximum absolute atomic E-state index is 12.1. The summed E-state index contributed by atoms with van der Waals surface area (Å²) in [6.07, 6.45) is 2.72. The van der Waals surface area contributed by atoms with Crippen molar-refractivity contribution < 1.29 is 4.79 Å². The van der Waals surface area contributed by atoms with Crippen LogP contribution in [0.3, 0.4) is 0 Å². The molecule has 2 N–H and O–H groups in total. The first-order valence-corrected chi connectivity index (χ1v) is 8.01. The normalized spacial score (nSPS) is 12.9. The Kier molecular flexibility index (Phi) is 4.46. The molecule has 120 valence electrons. The lowest BCUT2D eigenvalue weighted by Crippen LogP contribution is -2.38. The monoisotopic (exact) mass is 310 g/mol. The van der Waals surface area contributed by atoms with Gasteiger partial charge in [-0.1, -0.05) is 12.1 Å². The highest BCUT2D eigenvalue weighted by Gasteiger charge is 2.24. The van der Waals surface area contributed by atoms with E-state index in [1.165, 1.54) is 11.1 Å². The predicted molar refractivity (Wildman–Crippen MR) is 92.9 cm³/mol. The maximum Gasteiger partial charge on any atom is 0.321 e. The number of pyridine rings is 1. The van der Waals surface area contributed by atoms with Crippen molar-refractivity contribution >= 4 is 17.4 Å². The van der Waals surface area contributed by atoms with E-state index in [-0.39, 0.29) is 6.03 Å². The topological polar surface area (TPSA) is 57.3 Å². The second-order valence-corrected chi connectivity index (χ2v) is 5.70. The van der Waals surface area contributed by atoms with Gasteiger partial charge in [-0.15, -0.1) is 0 Å². The molecule has 2 aromatic rings. The molecule has 0 atom stereocenters. The van der Waals surface area contributed by atoms with E-state index >= 15 is 0 Å². The minimum absolute atomic E-state index is 0.0241. The van der Waals surface area contributed by atoms with Crippen LogP contribution in [0.4, 0.5) is 16.2 Å². The number of rotatable bonds is 4. The lowest BCUT2D eigenvalue weighted by atomic mass is 10.1. The Morgan fingerprint density at radius 1 is 1.35 bits per heavy atom. The molecule has 0 fully saturated rings. The lowest BCUT2D eigenvalue weighted by molar-refractivity contribution is 0.247. The van der Waals surface area contributed by atoms with E-state index in [1.54, 1.807) is 0 Å². The number of aromatic nitrogens is 1. The van der Waals surface area contributed by atoms with Crippen molar-refractivity contribution in [2.45, 2.75) is 26.8 Å². The van der Waals surface area contributed by atoms with Gasteiger partial charge in [-0.05, 0) is 49.6 Å². The van der Waals surface area contributed by atoms with E-state index in [4.69, 9.17) is 0 Å². The zero-order valence-electron chi connectivity index (χ0n) is 13.6. The summed E-state index contributed by atoms with van der Waals surface area (Å²) >= 11 is 0. The van der Waals surface area contributed by atoms with E-state index in [9.17, 15) is 4.79 Å².